The molecule has 4 aromatic rings. The standard InChI is InChI=1S/C19H11NO2/c20-11-5-8-15-14-7-2-4-10-17(14)22-19(15)18-12-13-6-1-3-9-16(13)21-18/h1-10,12H/b8-5-. The first kappa shape index (κ1) is 12.5. The van der Waals surface area contributed by atoms with Gasteiger partial charge in [0.15, 0.2) is 11.5 Å². The van der Waals surface area contributed by atoms with Gasteiger partial charge < -0.3 is 8.83 Å². The van der Waals surface area contributed by atoms with Crippen molar-refractivity contribution in [3.63, 3.8) is 0 Å². The minimum Gasteiger partial charge on any atom is -0.453 e. The van der Waals surface area contributed by atoms with Crippen molar-refractivity contribution in [1.82, 2.24) is 0 Å². The number of nitrogens with zero attached hydrogens (tertiary/aromatic N) is 1. The van der Waals surface area contributed by atoms with Gasteiger partial charge in [0.05, 0.1) is 6.07 Å². The van der Waals surface area contributed by atoms with E-state index in [0.29, 0.717) is 11.5 Å². The van der Waals surface area contributed by atoms with Gasteiger partial charge in [0, 0.05) is 22.4 Å². The average molecular weight is 285 g/mol. The Labute approximate surface area is 126 Å². The molecule has 0 N–H and O–H groups in total. The lowest BCUT2D eigenvalue weighted by molar-refractivity contribution is 0.569. The Morgan fingerprint density at radius 3 is 2.50 bits per heavy atom. The van der Waals surface area contributed by atoms with Crippen molar-refractivity contribution in [2.45, 2.75) is 0 Å². The van der Waals surface area contributed by atoms with E-state index in [9.17, 15) is 0 Å². The molecular weight excluding hydrogens is 274 g/mol. The first-order valence-corrected chi connectivity index (χ1v) is 6.93. The van der Waals surface area contributed by atoms with Gasteiger partial charge in [-0.3, -0.25) is 0 Å². The van der Waals surface area contributed by atoms with E-state index in [-0.39, 0.29) is 0 Å². The molecule has 104 valence electrons. The smallest absolute Gasteiger partial charge is 0.177 e. The first-order valence-electron chi connectivity index (χ1n) is 6.93. The second kappa shape index (κ2) is 4.94. The lowest BCUT2D eigenvalue weighted by Crippen LogP contribution is -1.74. The monoisotopic (exact) mass is 285 g/mol. The van der Waals surface area contributed by atoms with Crippen molar-refractivity contribution >= 4 is 28.0 Å². The van der Waals surface area contributed by atoms with E-state index in [2.05, 4.69) is 0 Å². The molecule has 2 aromatic heterocycles. The Morgan fingerprint density at radius 2 is 1.68 bits per heavy atom. The van der Waals surface area contributed by atoms with Crippen LogP contribution in [-0.2, 0) is 0 Å². The van der Waals surface area contributed by atoms with E-state index in [1.807, 2.05) is 60.7 Å². The summed E-state index contributed by atoms with van der Waals surface area (Å²) in [6.07, 6.45) is 3.21. The van der Waals surface area contributed by atoms with E-state index in [1.165, 1.54) is 6.08 Å². The predicted molar refractivity (Wildman–Crippen MR) is 86.1 cm³/mol. The number of allylic oxidation sites excluding steroid dienone is 1. The van der Waals surface area contributed by atoms with Crippen molar-refractivity contribution in [2.24, 2.45) is 0 Å². The van der Waals surface area contributed by atoms with E-state index in [1.54, 1.807) is 6.08 Å². The zero-order valence-electron chi connectivity index (χ0n) is 11.6. The number of fused-ring (bicyclic) bond motifs is 2. The summed E-state index contributed by atoms with van der Waals surface area (Å²) in [5, 5.41) is 10.8. The molecule has 3 nitrogen and oxygen atoms in total. The van der Waals surface area contributed by atoms with E-state index < -0.39 is 0 Å². The lowest BCUT2D eigenvalue weighted by Gasteiger charge is -1.93. The second-order valence-corrected chi connectivity index (χ2v) is 4.95. The van der Waals surface area contributed by atoms with Crippen LogP contribution in [0.2, 0.25) is 0 Å². The van der Waals surface area contributed by atoms with Gasteiger partial charge in [-0.25, -0.2) is 0 Å². The summed E-state index contributed by atoms with van der Waals surface area (Å²) in [5.74, 6) is 1.30. The Hall–Kier alpha value is -3.25. The summed E-state index contributed by atoms with van der Waals surface area (Å²) < 4.78 is 11.9. The highest BCUT2D eigenvalue weighted by Gasteiger charge is 2.17. The third-order valence-electron chi connectivity index (χ3n) is 3.61. The summed E-state index contributed by atoms with van der Waals surface area (Å²) in [6, 6.07) is 19.6. The Kier molecular flexibility index (Phi) is 2.80. The lowest BCUT2D eigenvalue weighted by atomic mass is 10.1. The minimum atomic E-state index is 0.643. The first-order chi connectivity index (χ1) is 10.9. The fourth-order valence-electron chi connectivity index (χ4n) is 2.63. The number of nitriles is 1. The molecule has 2 heterocycles. The highest BCUT2D eigenvalue weighted by molar-refractivity contribution is 5.95. The maximum atomic E-state index is 8.82. The van der Waals surface area contributed by atoms with Gasteiger partial charge in [-0.05, 0) is 24.3 Å². The zero-order valence-corrected chi connectivity index (χ0v) is 11.6. The van der Waals surface area contributed by atoms with E-state index in [0.717, 1.165) is 27.5 Å². The Morgan fingerprint density at radius 1 is 0.909 bits per heavy atom. The van der Waals surface area contributed by atoms with Crippen LogP contribution in [0, 0.1) is 11.3 Å². The fraction of sp³-hybridized carbons (Fsp3) is 0. The molecule has 0 saturated heterocycles. The molecule has 0 atom stereocenters. The van der Waals surface area contributed by atoms with Crippen LogP contribution < -0.4 is 0 Å². The summed E-state index contributed by atoms with van der Waals surface area (Å²) in [7, 11) is 0. The van der Waals surface area contributed by atoms with E-state index >= 15 is 0 Å². The maximum absolute atomic E-state index is 8.82. The van der Waals surface area contributed by atoms with Crippen LogP contribution in [0.1, 0.15) is 5.56 Å². The Bertz CT molecular complexity index is 1010. The minimum absolute atomic E-state index is 0.643. The summed E-state index contributed by atoms with van der Waals surface area (Å²) in [5.41, 5.74) is 2.44. The average Bonchev–Trinajstić information content (AvgIpc) is 3.14. The third-order valence-corrected chi connectivity index (χ3v) is 3.61. The molecule has 0 unspecified atom stereocenters. The molecular formula is C19H11NO2. The maximum Gasteiger partial charge on any atom is 0.177 e. The van der Waals surface area contributed by atoms with Crippen LogP contribution in [0.5, 0.6) is 0 Å². The molecule has 0 amide bonds. The summed E-state index contributed by atoms with van der Waals surface area (Å²) in [6.45, 7) is 0. The van der Waals surface area contributed by atoms with Gasteiger partial charge in [-0.2, -0.15) is 5.26 Å². The molecule has 0 fully saturated rings. The van der Waals surface area contributed by atoms with Crippen LogP contribution in [0.25, 0.3) is 39.5 Å². The molecule has 22 heavy (non-hydrogen) atoms. The topological polar surface area (TPSA) is 50.1 Å². The Balaban J connectivity index is 2.01. The summed E-state index contributed by atoms with van der Waals surface area (Å²) >= 11 is 0. The molecule has 3 heteroatoms. The fourth-order valence-corrected chi connectivity index (χ4v) is 2.63. The number of hydrogen-bond acceptors (Lipinski definition) is 3. The van der Waals surface area contributed by atoms with Gasteiger partial charge in [0.1, 0.15) is 11.2 Å². The van der Waals surface area contributed by atoms with Crippen LogP contribution in [0.3, 0.4) is 0 Å². The molecule has 0 radical (unpaired) electrons. The van der Waals surface area contributed by atoms with Crippen LogP contribution in [0.15, 0.2) is 69.5 Å². The van der Waals surface area contributed by atoms with Crippen LogP contribution in [0.4, 0.5) is 0 Å². The van der Waals surface area contributed by atoms with Crippen LogP contribution in [-0.4, -0.2) is 0 Å². The zero-order chi connectivity index (χ0) is 14.9. The van der Waals surface area contributed by atoms with Gasteiger partial charge >= 0.3 is 0 Å². The number of hydrogen-bond donors (Lipinski definition) is 0. The summed E-state index contributed by atoms with van der Waals surface area (Å²) in [4.78, 5) is 0. The molecule has 2 aromatic carbocycles. The number of benzene rings is 2. The quantitative estimate of drug-likeness (QED) is 0.464. The van der Waals surface area contributed by atoms with Gasteiger partial charge in [0.2, 0.25) is 0 Å². The van der Waals surface area contributed by atoms with Crippen molar-refractivity contribution < 1.29 is 8.83 Å². The molecule has 4 rings (SSSR count). The number of furan rings is 2. The van der Waals surface area contributed by atoms with Crippen molar-refractivity contribution in [1.29, 1.82) is 5.26 Å². The largest absolute Gasteiger partial charge is 0.453 e. The predicted octanol–water partition coefficient (Wildman–Crippen LogP) is 5.38. The molecule has 0 saturated carbocycles. The third kappa shape index (κ3) is 1.90. The molecule has 0 aliphatic heterocycles. The highest BCUT2D eigenvalue weighted by atomic mass is 16.4. The molecule has 0 bridgehead atoms. The number of rotatable bonds is 2. The molecule has 0 aliphatic carbocycles. The van der Waals surface area contributed by atoms with E-state index in [4.69, 9.17) is 14.1 Å². The van der Waals surface area contributed by atoms with Crippen molar-refractivity contribution in [2.75, 3.05) is 0 Å². The normalized spacial score (nSPS) is 11.4. The van der Waals surface area contributed by atoms with Gasteiger partial charge in [0.25, 0.3) is 0 Å². The second-order valence-electron chi connectivity index (χ2n) is 4.95. The molecule has 0 aliphatic rings. The molecule has 0 spiro atoms. The highest BCUT2D eigenvalue weighted by Crippen LogP contribution is 2.37. The van der Waals surface area contributed by atoms with Crippen molar-refractivity contribution in [3.8, 4) is 17.6 Å². The van der Waals surface area contributed by atoms with Crippen LogP contribution >= 0.6 is 0 Å². The number of para-hydroxylation sites is 2. The van der Waals surface area contributed by atoms with Crippen molar-refractivity contribution in [3.05, 3.63) is 66.2 Å². The van der Waals surface area contributed by atoms with Gasteiger partial charge in [-0.1, -0.05) is 36.4 Å². The SMILES string of the molecule is N#C/C=C\c1c(-c2cc3ccccc3o2)oc2ccccc12. The van der Waals surface area contributed by atoms with Gasteiger partial charge in [-0.15, -0.1) is 0 Å².